The summed E-state index contributed by atoms with van der Waals surface area (Å²) in [6.07, 6.45) is 5.90. The van der Waals surface area contributed by atoms with E-state index in [0.29, 0.717) is 6.42 Å². The minimum absolute atomic E-state index is 0.449. The molecule has 0 fully saturated rings. The summed E-state index contributed by atoms with van der Waals surface area (Å²) >= 11 is 0. The molecular formula is C8H9N3. The van der Waals surface area contributed by atoms with Crippen molar-refractivity contribution in [3.8, 4) is 6.07 Å². The topological polar surface area (TPSA) is 52.5 Å². The molecule has 0 bridgehead atoms. The van der Waals surface area contributed by atoms with Gasteiger partial charge in [-0.3, -0.25) is 5.10 Å². The third kappa shape index (κ3) is 1.94. The van der Waals surface area contributed by atoms with Gasteiger partial charge < -0.3 is 0 Å². The van der Waals surface area contributed by atoms with Crippen molar-refractivity contribution < 1.29 is 0 Å². The number of allylic oxidation sites excluding steroid dienone is 1. The minimum Gasteiger partial charge on any atom is -0.282 e. The van der Waals surface area contributed by atoms with Gasteiger partial charge in [0.2, 0.25) is 0 Å². The molecule has 0 atom stereocenters. The highest BCUT2D eigenvalue weighted by Crippen LogP contribution is 2.04. The Morgan fingerprint density at radius 3 is 3.18 bits per heavy atom. The maximum atomic E-state index is 8.24. The van der Waals surface area contributed by atoms with Crippen LogP contribution in [0.2, 0.25) is 0 Å². The third-order valence-corrected chi connectivity index (χ3v) is 1.38. The number of aryl methyl sites for hydroxylation is 1. The molecule has 1 heterocycles. The number of nitrogens with zero attached hydrogens (tertiary/aromatic N) is 2. The zero-order chi connectivity index (χ0) is 8.10. The Morgan fingerprint density at radius 2 is 2.64 bits per heavy atom. The summed E-state index contributed by atoms with van der Waals surface area (Å²) < 4.78 is 0. The molecule has 0 unspecified atom stereocenters. The van der Waals surface area contributed by atoms with Crippen LogP contribution < -0.4 is 0 Å². The molecule has 0 spiro atoms. The molecule has 0 saturated carbocycles. The number of nitriles is 1. The van der Waals surface area contributed by atoms with Gasteiger partial charge in [-0.05, 0) is 6.92 Å². The highest BCUT2D eigenvalue weighted by Gasteiger charge is 1.92. The molecule has 1 aromatic heterocycles. The van der Waals surface area contributed by atoms with Crippen LogP contribution in [0.4, 0.5) is 0 Å². The van der Waals surface area contributed by atoms with Crippen LogP contribution in [-0.2, 0) is 0 Å². The summed E-state index contributed by atoms with van der Waals surface area (Å²) in [4.78, 5) is 0. The van der Waals surface area contributed by atoms with E-state index in [1.807, 2.05) is 25.1 Å². The largest absolute Gasteiger partial charge is 0.282 e. The fourth-order valence-corrected chi connectivity index (χ4v) is 0.767. The Balaban J connectivity index is 2.65. The fraction of sp³-hybridized carbons (Fsp3) is 0.250. The summed E-state index contributed by atoms with van der Waals surface area (Å²) in [6.45, 7) is 1.94. The van der Waals surface area contributed by atoms with E-state index in [4.69, 9.17) is 5.26 Å². The Bertz CT molecular complexity index is 291. The lowest BCUT2D eigenvalue weighted by Crippen LogP contribution is -1.72. The van der Waals surface area contributed by atoms with Gasteiger partial charge in [0.05, 0.1) is 18.7 Å². The van der Waals surface area contributed by atoms with Crippen molar-refractivity contribution in [2.24, 2.45) is 0 Å². The number of nitrogens with one attached hydrogen (secondary N) is 1. The smallest absolute Gasteiger partial charge is 0.0663 e. The second-order valence-corrected chi connectivity index (χ2v) is 2.21. The van der Waals surface area contributed by atoms with Gasteiger partial charge in [0, 0.05) is 11.3 Å². The van der Waals surface area contributed by atoms with E-state index in [0.717, 1.165) is 11.3 Å². The van der Waals surface area contributed by atoms with Crippen LogP contribution in [0.5, 0.6) is 0 Å². The number of hydrogen-bond donors (Lipinski definition) is 1. The number of rotatable bonds is 2. The highest BCUT2D eigenvalue weighted by molar-refractivity contribution is 5.50. The van der Waals surface area contributed by atoms with Gasteiger partial charge in [0.25, 0.3) is 0 Å². The van der Waals surface area contributed by atoms with Crippen molar-refractivity contribution in [3.63, 3.8) is 0 Å². The first-order valence-corrected chi connectivity index (χ1v) is 3.38. The third-order valence-electron chi connectivity index (χ3n) is 1.38. The van der Waals surface area contributed by atoms with E-state index in [1.54, 1.807) is 6.20 Å². The summed E-state index contributed by atoms with van der Waals surface area (Å²) in [5.41, 5.74) is 2.07. The number of H-pyrrole nitrogens is 1. The number of hydrogen-bond acceptors (Lipinski definition) is 2. The lowest BCUT2D eigenvalue weighted by Gasteiger charge is -1.84. The lowest BCUT2D eigenvalue weighted by molar-refractivity contribution is 1.05. The van der Waals surface area contributed by atoms with Gasteiger partial charge in [-0.15, -0.1) is 0 Å². The highest BCUT2D eigenvalue weighted by atomic mass is 15.1. The molecule has 1 N–H and O–H groups in total. The van der Waals surface area contributed by atoms with E-state index in [1.165, 1.54) is 0 Å². The van der Waals surface area contributed by atoms with E-state index >= 15 is 0 Å². The molecule has 0 aliphatic rings. The average Bonchev–Trinajstić information content (AvgIpc) is 2.37. The predicted octanol–water partition coefficient (Wildman–Crippen LogP) is 1.64. The van der Waals surface area contributed by atoms with Gasteiger partial charge in [-0.25, -0.2) is 0 Å². The van der Waals surface area contributed by atoms with Crippen molar-refractivity contribution in [2.75, 3.05) is 0 Å². The Kier molecular flexibility index (Phi) is 2.45. The molecule has 3 nitrogen and oxygen atoms in total. The van der Waals surface area contributed by atoms with Gasteiger partial charge in [0.15, 0.2) is 0 Å². The second-order valence-electron chi connectivity index (χ2n) is 2.21. The molecule has 1 rings (SSSR count). The van der Waals surface area contributed by atoms with Crippen LogP contribution in [0.25, 0.3) is 6.08 Å². The molecule has 1 aromatic rings. The quantitative estimate of drug-likeness (QED) is 0.691. The summed E-state index contributed by atoms with van der Waals surface area (Å²) in [5.74, 6) is 0. The van der Waals surface area contributed by atoms with E-state index in [-0.39, 0.29) is 0 Å². The zero-order valence-corrected chi connectivity index (χ0v) is 6.33. The van der Waals surface area contributed by atoms with Gasteiger partial charge in [-0.1, -0.05) is 12.2 Å². The average molecular weight is 147 g/mol. The summed E-state index contributed by atoms with van der Waals surface area (Å²) in [6, 6.07) is 2.03. The summed E-state index contributed by atoms with van der Waals surface area (Å²) in [5, 5.41) is 14.9. The van der Waals surface area contributed by atoms with Crippen molar-refractivity contribution in [3.05, 3.63) is 23.5 Å². The molecule has 0 aliphatic carbocycles. The molecular weight excluding hydrogens is 138 g/mol. The van der Waals surface area contributed by atoms with Crippen molar-refractivity contribution >= 4 is 6.08 Å². The van der Waals surface area contributed by atoms with Crippen LogP contribution in [0.1, 0.15) is 17.7 Å². The first kappa shape index (κ1) is 7.55. The van der Waals surface area contributed by atoms with Crippen LogP contribution in [0.15, 0.2) is 12.3 Å². The predicted molar refractivity (Wildman–Crippen MR) is 42.6 cm³/mol. The Labute approximate surface area is 65.4 Å². The molecule has 3 heteroatoms. The van der Waals surface area contributed by atoms with Gasteiger partial charge in [-0.2, -0.15) is 10.4 Å². The molecule has 0 saturated heterocycles. The molecule has 56 valence electrons. The summed E-state index contributed by atoms with van der Waals surface area (Å²) in [7, 11) is 0. The lowest BCUT2D eigenvalue weighted by atomic mass is 10.2. The van der Waals surface area contributed by atoms with Crippen molar-refractivity contribution in [2.45, 2.75) is 13.3 Å². The number of aromatic nitrogens is 2. The van der Waals surface area contributed by atoms with Crippen LogP contribution in [-0.4, -0.2) is 10.2 Å². The van der Waals surface area contributed by atoms with Crippen molar-refractivity contribution in [1.29, 1.82) is 5.26 Å². The Morgan fingerprint density at radius 1 is 1.82 bits per heavy atom. The zero-order valence-electron chi connectivity index (χ0n) is 6.33. The standard InChI is InChI=1S/C8H9N3/c1-7-8(6-10-11-7)4-2-3-5-9/h2,4,6H,3H2,1H3,(H,10,11). The molecule has 11 heavy (non-hydrogen) atoms. The molecule has 0 aliphatic heterocycles. The fourth-order valence-electron chi connectivity index (χ4n) is 0.767. The normalized spacial score (nSPS) is 10.2. The first-order chi connectivity index (χ1) is 5.34. The molecule has 0 radical (unpaired) electrons. The minimum atomic E-state index is 0.449. The SMILES string of the molecule is Cc1[nH]ncc1C=CCC#N. The number of aromatic amines is 1. The second kappa shape index (κ2) is 3.57. The van der Waals surface area contributed by atoms with Crippen molar-refractivity contribution in [1.82, 2.24) is 10.2 Å². The monoisotopic (exact) mass is 147 g/mol. The van der Waals surface area contributed by atoms with E-state index in [9.17, 15) is 0 Å². The maximum absolute atomic E-state index is 8.24. The van der Waals surface area contributed by atoms with E-state index in [2.05, 4.69) is 10.2 Å². The first-order valence-electron chi connectivity index (χ1n) is 3.38. The molecule has 0 amide bonds. The molecule has 0 aromatic carbocycles. The maximum Gasteiger partial charge on any atom is 0.0663 e. The Hall–Kier alpha value is -1.56. The van der Waals surface area contributed by atoms with Crippen LogP contribution >= 0.6 is 0 Å². The van der Waals surface area contributed by atoms with E-state index < -0.39 is 0 Å². The van der Waals surface area contributed by atoms with Gasteiger partial charge in [0.1, 0.15) is 0 Å². The van der Waals surface area contributed by atoms with Gasteiger partial charge >= 0.3 is 0 Å². The van der Waals surface area contributed by atoms with Crippen LogP contribution in [0.3, 0.4) is 0 Å². The van der Waals surface area contributed by atoms with Crippen LogP contribution in [0, 0.1) is 18.3 Å².